The van der Waals surface area contributed by atoms with E-state index in [-0.39, 0.29) is 0 Å². The Hall–Kier alpha value is 0. The minimum atomic E-state index is 0.598. The molecule has 0 amide bonds. The number of hydrogen-bond acceptors (Lipinski definition) is 0. The van der Waals surface area contributed by atoms with E-state index in [9.17, 15) is 0 Å². The fourth-order valence-electron chi connectivity index (χ4n) is 7.42. The minimum absolute atomic E-state index is 0.598. The van der Waals surface area contributed by atoms with Gasteiger partial charge in [-0.15, -0.1) is 0 Å². The van der Waals surface area contributed by atoms with Crippen molar-refractivity contribution < 1.29 is 0 Å². The summed E-state index contributed by atoms with van der Waals surface area (Å²) in [6.45, 7) is 10.3. The highest BCUT2D eigenvalue weighted by molar-refractivity contribution is 5.06. The first kappa shape index (κ1) is 16.8. The van der Waals surface area contributed by atoms with Crippen molar-refractivity contribution >= 4 is 0 Å². The molecule has 0 radical (unpaired) electrons. The summed E-state index contributed by atoms with van der Waals surface area (Å²) in [5.41, 5.74) is 1.28. The summed E-state index contributed by atoms with van der Waals surface area (Å²) < 4.78 is 0. The maximum Gasteiger partial charge on any atom is -0.0240 e. The monoisotopic (exact) mass is 304 g/mol. The van der Waals surface area contributed by atoms with E-state index in [1.54, 1.807) is 19.3 Å². The van der Waals surface area contributed by atoms with Gasteiger partial charge in [-0.3, -0.25) is 0 Å². The highest BCUT2D eigenvalue weighted by Crippen LogP contribution is 2.65. The van der Waals surface area contributed by atoms with Crippen LogP contribution in [0.3, 0.4) is 0 Å². The molecule has 0 aliphatic heterocycles. The van der Waals surface area contributed by atoms with E-state index >= 15 is 0 Å². The molecule has 0 aromatic rings. The Morgan fingerprint density at radius 2 is 1.23 bits per heavy atom. The van der Waals surface area contributed by atoms with E-state index in [1.165, 1.54) is 57.8 Å². The molecule has 0 heterocycles. The van der Waals surface area contributed by atoms with Crippen LogP contribution in [-0.4, -0.2) is 0 Å². The van der Waals surface area contributed by atoms with Gasteiger partial charge in [-0.2, -0.15) is 0 Å². The Balaban J connectivity index is 1.95. The van der Waals surface area contributed by atoms with Crippen molar-refractivity contribution in [1.82, 2.24) is 0 Å². The Bertz CT molecular complexity index is 356. The summed E-state index contributed by atoms with van der Waals surface area (Å²) in [5.74, 6) is 4.13. The largest absolute Gasteiger partial charge is 0.0648 e. The Labute approximate surface area is 139 Å². The first-order chi connectivity index (χ1) is 10.5. The van der Waals surface area contributed by atoms with Gasteiger partial charge in [0.1, 0.15) is 0 Å². The lowest BCUT2D eigenvalue weighted by molar-refractivity contribution is -0.133. The number of hydrogen-bond donors (Lipinski definition) is 0. The third-order valence-electron chi connectivity index (χ3n) is 8.53. The van der Waals surface area contributed by atoms with Crippen molar-refractivity contribution in [2.45, 2.75) is 105 Å². The first-order valence-electron chi connectivity index (χ1n) is 10.5. The Morgan fingerprint density at radius 3 is 1.82 bits per heavy atom. The molecular formula is C22H40. The van der Waals surface area contributed by atoms with Crippen molar-refractivity contribution in [1.29, 1.82) is 0 Å². The highest BCUT2D eigenvalue weighted by atomic mass is 14.6. The van der Waals surface area contributed by atoms with Gasteiger partial charge in [0, 0.05) is 0 Å². The van der Waals surface area contributed by atoms with Crippen molar-refractivity contribution in [3.8, 4) is 0 Å². The predicted molar refractivity (Wildman–Crippen MR) is 96.9 cm³/mol. The maximum absolute atomic E-state index is 2.63. The normalized spacial score (nSPS) is 38.5. The van der Waals surface area contributed by atoms with Crippen molar-refractivity contribution in [3.05, 3.63) is 0 Å². The third-order valence-corrected chi connectivity index (χ3v) is 8.53. The van der Waals surface area contributed by atoms with Crippen LogP contribution in [0, 0.1) is 34.5 Å². The van der Waals surface area contributed by atoms with Crippen molar-refractivity contribution in [2.75, 3.05) is 0 Å². The molecule has 3 unspecified atom stereocenters. The Kier molecular flexibility index (Phi) is 4.96. The van der Waals surface area contributed by atoms with Crippen LogP contribution in [0.2, 0.25) is 0 Å². The molecule has 0 nitrogen and oxygen atoms in total. The van der Waals surface area contributed by atoms with Crippen LogP contribution >= 0.6 is 0 Å². The Morgan fingerprint density at radius 1 is 0.682 bits per heavy atom. The van der Waals surface area contributed by atoms with E-state index in [4.69, 9.17) is 0 Å². The molecule has 128 valence electrons. The van der Waals surface area contributed by atoms with E-state index in [1.807, 2.05) is 0 Å². The van der Waals surface area contributed by atoms with Gasteiger partial charge in [0.25, 0.3) is 0 Å². The first-order valence-corrected chi connectivity index (χ1v) is 10.5. The molecule has 0 saturated heterocycles. The molecule has 0 aromatic heterocycles. The number of fused-ring (bicyclic) bond motifs is 1. The molecule has 0 aromatic carbocycles. The zero-order valence-electron chi connectivity index (χ0n) is 15.8. The predicted octanol–water partition coefficient (Wildman–Crippen LogP) is 7.23. The van der Waals surface area contributed by atoms with Gasteiger partial charge in [0.15, 0.2) is 0 Å². The summed E-state index contributed by atoms with van der Waals surface area (Å²) in [7, 11) is 0. The van der Waals surface area contributed by atoms with Gasteiger partial charge >= 0.3 is 0 Å². The van der Waals surface area contributed by atoms with Gasteiger partial charge in [0.2, 0.25) is 0 Å². The second kappa shape index (κ2) is 6.48. The third kappa shape index (κ3) is 2.67. The van der Waals surface area contributed by atoms with Crippen LogP contribution in [0.4, 0.5) is 0 Å². The maximum atomic E-state index is 2.63. The second-order valence-electron chi connectivity index (χ2n) is 9.64. The summed E-state index contributed by atoms with van der Waals surface area (Å²) in [6, 6.07) is 0. The molecule has 22 heavy (non-hydrogen) atoms. The topological polar surface area (TPSA) is 0 Å². The molecule has 3 aliphatic carbocycles. The molecule has 3 aliphatic rings. The molecule has 0 bridgehead atoms. The summed E-state index contributed by atoms with van der Waals surface area (Å²) in [5, 5.41) is 0. The van der Waals surface area contributed by atoms with Crippen LogP contribution in [0.25, 0.3) is 0 Å². The quantitative estimate of drug-likeness (QED) is 0.516. The molecule has 3 fully saturated rings. The van der Waals surface area contributed by atoms with E-state index in [0.29, 0.717) is 10.8 Å². The average Bonchev–Trinajstić information content (AvgIpc) is 2.56. The molecule has 3 rings (SSSR count). The van der Waals surface area contributed by atoms with Crippen molar-refractivity contribution in [2.24, 2.45) is 34.5 Å². The van der Waals surface area contributed by atoms with Gasteiger partial charge in [-0.05, 0) is 66.6 Å². The standard InChI is InChI=1S/C22H40/c1-5-22(6-2)19-15-11-10-14-18(19)21(3,4)16-20(22)17-12-8-7-9-13-17/h17-20H,5-16H2,1-4H3. The van der Waals surface area contributed by atoms with Gasteiger partial charge in [0.05, 0.1) is 0 Å². The lowest BCUT2D eigenvalue weighted by Gasteiger charge is -2.62. The molecule has 0 heteroatoms. The summed E-state index contributed by atoms with van der Waals surface area (Å²) in [6.07, 6.45) is 18.1. The fraction of sp³-hybridized carbons (Fsp3) is 1.00. The van der Waals surface area contributed by atoms with Gasteiger partial charge < -0.3 is 0 Å². The van der Waals surface area contributed by atoms with E-state index < -0.39 is 0 Å². The fourth-order valence-corrected chi connectivity index (χ4v) is 7.42. The van der Waals surface area contributed by atoms with Crippen LogP contribution in [-0.2, 0) is 0 Å². The summed E-state index contributed by atoms with van der Waals surface area (Å²) in [4.78, 5) is 0. The van der Waals surface area contributed by atoms with E-state index in [0.717, 1.165) is 23.7 Å². The van der Waals surface area contributed by atoms with Crippen LogP contribution in [0.1, 0.15) is 105 Å². The van der Waals surface area contributed by atoms with Crippen LogP contribution in [0.5, 0.6) is 0 Å². The number of rotatable bonds is 3. The second-order valence-corrected chi connectivity index (χ2v) is 9.64. The average molecular weight is 305 g/mol. The van der Waals surface area contributed by atoms with Crippen LogP contribution < -0.4 is 0 Å². The zero-order valence-corrected chi connectivity index (χ0v) is 15.8. The smallest absolute Gasteiger partial charge is 0.0240 e. The van der Waals surface area contributed by atoms with E-state index in [2.05, 4.69) is 27.7 Å². The SMILES string of the molecule is CCC1(CC)C(C2CCCCC2)CC(C)(C)C2CCCCC21. The lowest BCUT2D eigenvalue weighted by Crippen LogP contribution is -2.54. The van der Waals surface area contributed by atoms with Crippen LogP contribution in [0.15, 0.2) is 0 Å². The lowest BCUT2D eigenvalue weighted by atomic mass is 9.42. The minimum Gasteiger partial charge on any atom is -0.0648 e. The molecule has 3 saturated carbocycles. The van der Waals surface area contributed by atoms with Gasteiger partial charge in [-0.1, -0.05) is 72.6 Å². The summed E-state index contributed by atoms with van der Waals surface area (Å²) >= 11 is 0. The van der Waals surface area contributed by atoms with Crippen molar-refractivity contribution in [3.63, 3.8) is 0 Å². The molecular weight excluding hydrogens is 264 g/mol. The molecule has 3 atom stereocenters. The van der Waals surface area contributed by atoms with Gasteiger partial charge in [-0.25, -0.2) is 0 Å². The highest BCUT2D eigenvalue weighted by Gasteiger charge is 2.56. The molecule has 0 spiro atoms. The zero-order chi connectivity index (χ0) is 15.8. The molecule has 0 N–H and O–H groups in total.